The molecule has 0 amide bonds. The zero-order valence-electron chi connectivity index (χ0n) is 8.62. The molecule has 3 heteroatoms. The standard InChI is InChI=1S/C11H16O3/c1-3-4-10-9(6-5-8(2)12)7-14-11(10)13/h3-4,8,12H,5-7H2,1-2H3/t8-/m0/s1. The van der Waals surface area contributed by atoms with Crippen LogP contribution in [0.1, 0.15) is 26.7 Å². The summed E-state index contributed by atoms with van der Waals surface area (Å²) >= 11 is 0. The van der Waals surface area contributed by atoms with Gasteiger partial charge in [-0.25, -0.2) is 4.79 Å². The van der Waals surface area contributed by atoms with Crippen molar-refractivity contribution in [1.29, 1.82) is 0 Å². The molecule has 1 N–H and O–H groups in total. The van der Waals surface area contributed by atoms with Gasteiger partial charge < -0.3 is 9.84 Å². The fraction of sp³-hybridized carbons (Fsp3) is 0.545. The second-order valence-electron chi connectivity index (χ2n) is 3.48. The Kier molecular flexibility index (Phi) is 3.89. The van der Waals surface area contributed by atoms with Gasteiger partial charge in [-0.05, 0) is 32.3 Å². The first-order valence-electron chi connectivity index (χ1n) is 4.85. The van der Waals surface area contributed by atoms with E-state index in [9.17, 15) is 4.79 Å². The molecule has 1 aliphatic rings. The Morgan fingerprint density at radius 3 is 2.93 bits per heavy atom. The predicted octanol–water partition coefficient (Wildman–Crippen LogP) is 1.58. The van der Waals surface area contributed by atoms with Crippen LogP contribution < -0.4 is 0 Å². The average Bonchev–Trinajstić information content (AvgIpc) is 2.46. The van der Waals surface area contributed by atoms with Crippen molar-refractivity contribution in [2.24, 2.45) is 0 Å². The quantitative estimate of drug-likeness (QED) is 0.694. The molecule has 0 aromatic rings. The Hall–Kier alpha value is -1.09. The van der Waals surface area contributed by atoms with E-state index < -0.39 is 0 Å². The van der Waals surface area contributed by atoms with Crippen molar-refractivity contribution in [3.8, 4) is 0 Å². The monoisotopic (exact) mass is 196 g/mol. The Balaban J connectivity index is 2.67. The third kappa shape index (κ3) is 2.70. The fourth-order valence-electron chi connectivity index (χ4n) is 1.40. The zero-order valence-corrected chi connectivity index (χ0v) is 8.62. The molecule has 0 unspecified atom stereocenters. The maximum absolute atomic E-state index is 11.2. The number of aliphatic hydroxyl groups is 1. The summed E-state index contributed by atoms with van der Waals surface area (Å²) in [4.78, 5) is 11.2. The van der Waals surface area contributed by atoms with E-state index in [1.165, 1.54) is 0 Å². The summed E-state index contributed by atoms with van der Waals surface area (Å²) in [6.45, 7) is 3.99. The van der Waals surface area contributed by atoms with Crippen LogP contribution in [0.15, 0.2) is 23.3 Å². The van der Waals surface area contributed by atoms with Crippen LogP contribution >= 0.6 is 0 Å². The molecule has 0 aliphatic carbocycles. The van der Waals surface area contributed by atoms with Gasteiger partial charge in [0.2, 0.25) is 0 Å². The number of carbonyl (C=O) groups is 1. The molecule has 1 rings (SSSR count). The molecular formula is C11H16O3. The van der Waals surface area contributed by atoms with Gasteiger partial charge in [0.25, 0.3) is 0 Å². The van der Waals surface area contributed by atoms with Crippen LogP contribution in [0.4, 0.5) is 0 Å². The van der Waals surface area contributed by atoms with Crippen molar-refractivity contribution in [3.63, 3.8) is 0 Å². The van der Waals surface area contributed by atoms with E-state index in [1.54, 1.807) is 13.0 Å². The lowest BCUT2D eigenvalue weighted by Crippen LogP contribution is -2.01. The van der Waals surface area contributed by atoms with Crippen molar-refractivity contribution in [2.75, 3.05) is 6.61 Å². The lowest BCUT2D eigenvalue weighted by atomic mass is 10.0. The summed E-state index contributed by atoms with van der Waals surface area (Å²) in [5.41, 5.74) is 1.65. The molecule has 0 saturated heterocycles. The molecule has 0 fully saturated rings. The minimum absolute atomic E-state index is 0.247. The number of allylic oxidation sites excluding steroid dienone is 1. The third-order valence-corrected chi connectivity index (χ3v) is 2.18. The van der Waals surface area contributed by atoms with Crippen LogP contribution in [-0.4, -0.2) is 23.8 Å². The van der Waals surface area contributed by atoms with Gasteiger partial charge in [0.05, 0.1) is 11.7 Å². The number of hydrogen-bond acceptors (Lipinski definition) is 3. The van der Waals surface area contributed by atoms with Crippen molar-refractivity contribution in [2.45, 2.75) is 32.8 Å². The number of carbonyl (C=O) groups excluding carboxylic acids is 1. The van der Waals surface area contributed by atoms with Gasteiger partial charge in [0, 0.05) is 0 Å². The molecule has 0 aromatic heterocycles. The van der Waals surface area contributed by atoms with Gasteiger partial charge in [-0.2, -0.15) is 0 Å². The third-order valence-electron chi connectivity index (χ3n) is 2.18. The van der Waals surface area contributed by atoms with Gasteiger partial charge in [0.1, 0.15) is 6.61 Å². The van der Waals surface area contributed by atoms with Crippen LogP contribution in [0.5, 0.6) is 0 Å². The zero-order chi connectivity index (χ0) is 10.6. The van der Waals surface area contributed by atoms with Gasteiger partial charge in [-0.1, -0.05) is 12.2 Å². The summed E-state index contributed by atoms with van der Waals surface area (Å²) in [7, 11) is 0. The summed E-state index contributed by atoms with van der Waals surface area (Å²) in [6.07, 6.45) is 4.66. The maximum atomic E-state index is 11.2. The maximum Gasteiger partial charge on any atom is 0.338 e. The Morgan fingerprint density at radius 2 is 2.36 bits per heavy atom. The van der Waals surface area contributed by atoms with Gasteiger partial charge in [-0.3, -0.25) is 0 Å². The van der Waals surface area contributed by atoms with E-state index in [1.807, 2.05) is 13.0 Å². The first kappa shape index (κ1) is 11.0. The number of ether oxygens (including phenoxy) is 1. The van der Waals surface area contributed by atoms with Crippen molar-refractivity contribution in [3.05, 3.63) is 23.3 Å². The number of hydrogen-bond donors (Lipinski definition) is 1. The fourth-order valence-corrected chi connectivity index (χ4v) is 1.40. The largest absolute Gasteiger partial charge is 0.458 e. The second kappa shape index (κ2) is 4.96. The van der Waals surface area contributed by atoms with E-state index >= 15 is 0 Å². The normalized spacial score (nSPS) is 19.2. The van der Waals surface area contributed by atoms with E-state index in [0.29, 0.717) is 18.6 Å². The smallest absolute Gasteiger partial charge is 0.338 e. The van der Waals surface area contributed by atoms with Gasteiger partial charge >= 0.3 is 5.97 Å². The summed E-state index contributed by atoms with van der Waals surface area (Å²) in [5.74, 6) is -0.247. The highest BCUT2D eigenvalue weighted by Gasteiger charge is 2.22. The number of cyclic esters (lactones) is 1. The minimum atomic E-state index is -0.329. The Bertz CT molecular complexity index is 274. The van der Waals surface area contributed by atoms with Crippen LogP contribution in [0.25, 0.3) is 0 Å². The molecule has 1 heterocycles. The molecule has 0 radical (unpaired) electrons. The first-order valence-corrected chi connectivity index (χ1v) is 4.85. The Morgan fingerprint density at radius 1 is 1.64 bits per heavy atom. The number of esters is 1. The molecule has 0 spiro atoms. The van der Waals surface area contributed by atoms with E-state index in [2.05, 4.69) is 0 Å². The van der Waals surface area contributed by atoms with Crippen molar-refractivity contribution in [1.82, 2.24) is 0 Å². The van der Waals surface area contributed by atoms with Crippen LogP contribution in [0, 0.1) is 0 Å². The van der Waals surface area contributed by atoms with E-state index in [0.717, 1.165) is 12.0 Å². The van der Waals surface area contributed by atoms with Crippen LogP contribution in [0.3, 0.4) is 0 Å². The van der Waals surface area contributed by atoms with Crippen molar-refractivity contribution >= 4 is 5.97 Å². The van der Waals surface area contributed by atoms with Gasteiger partial charge in [-0.15, -0.1) is 0 Å². The summed E-state index contributed by atoms with van der Waals surface area (Å²) in [5, 5.41) is 9.13. The molecule has 78 valence electrons. The molecule has 14 heavy (non-hydrogen) atoms. The highest BCUT2D eigenvalue weighted by molar-refractivity contribution is 5.94. The lowest BCUT2D eigenvalue weighted by Gasteiger charge is -2.03. The van der Waals surface area contributed by atoms with E-state index in [-0.39, 0.29) is 12.1 Å². The minimum Gasteiger partial charge on any atom is -0.458 e. The molecule has 0 bridgehead atoms. The molecule has 1 atom stereocenters. The lowest BCUT2D eigenvalue weighted by molar-refractivity contribution is -0.135. The molecule has 0 saturated carbocycles. The highest BCUT2D eigenvalue weighted by atomic mass is 16.5. The van der Waals surface area contributed by atoms with E-state index in [4.69, 9.17) is 9.84 Å². The number of rotatable bonds is 4. The van der Waals surface area contributed by atoms with Crippen molar-refractivity contribution < 1.29 is 14.6 Å². The number of aliphatic hydroxyl groups excluding tert-OH is 1. The molecule has 0 aromatic carbocycles. The predicted molar refractivity (Wildman–Crippen MR) is 53.7 cm³/mol. The summed E-state index contributed by atoms with van der Waals surface area (Å²) in [6, 6.07) is 0. The SMILES string of the molecule is CC=CC1=C(CC[C@H](C)O)COC1=O. The topological polar surface area (TPSA) is 46.5 Å². The molecular weight excluding hydrogens is 180 g/mol. The Labute approximate surface area is 84.1 Å². The first-order chi connectivity index (χ1) is 6.65. The second-order valence-corrected chi connectivity index (χ2v) is 3.48. The molecule has 3 nitrogen and oxygen atoms in total. The highest BCUT2D eigenvalue weighted by Crippen LogP contribution is 2.21. The summed E-state index contributed by atoms with van der Waals surface area (Å²) < 4.78 is 4.92. The van der Waals surface area contributed by atoms with Crippen LogP contribution in [0.2, 0.25) is 0 Å². The van der Waals surface area contributed by atoms with Gasteiger partial charge in [0.15, 0.2) is 0 Å². The molecule has 1 aliphatic heterocycles. The van der Waals surface area contributed by atoms with Crippen LogP contribution in [-0.2, 0) is 9.53 Å². The average molecular weight is 196 g/mol.